The number of carbonyl (C=O) groups is 1. The zero-order chi connectivity index (χ0) is 25.5. The maximum absolute atomic E-state index is 12.8. The molecule has 0 aliphatic carbocycles. The van der Waals surface area contributed by atoms with Gasteiger partial charge in [-0.05, 0) is 78.7 Å². The molecule has 1 N–H and O–H groups in total. The molecule has 0 saturated heterocycles. The number of hydrogen-bond acceptors (Lipinski definition) is 4. The van der Waals surface area contributed by atoms with Gasteiger partial charge in [-0.1, -0.05) is 48.0 Å². The van der Waals surface area contributed by atoms with E-state index < -0.39 is 5.91 Å². The number of nitrogens with zero attached hydrogens (tertiary/aromatic N) is 1. The zero-order valence-corrected chi connectivity index (χ0v) is 20.8. The van der Waals surface area contributed by atoms with Crippen LogP contribution < -0.4 is 14.8 Å². The molecular formula is C30H25ClN2O3. The lowest BCUT2D eigenvalue weighted by atomic mass is 10.0. The number of hydrogen-bond donors (Lipinski definition) is 1. The van der Waals surface area contributed by atoms with E-state index in [2.05, 4.69) is 29.6 Å². The first-order chi connectivity index (χ1) is 17.5. The van der Waals surface area contributed by atoms with Crippen molar-refractivity contribution in [2.24, 2.45) is 0 Å². The van der Waals surface area contributed by atoms with Crippen molar-refractivity contribution in [1.82, 2.24) is 0 Å². The van der Waals surface area contributed by atoms with E-state index in [0.717, 1.165) is 21.9 Å². The Balaban J connectivity index is 1.57. The van der Waals surface area contributed by atoms with Crippen LogP contribution in [0.2, 0.25) is 5.02 Å². The van der Waals surface area contributed by atoms with Crippen LogP contribution in [0.25, 0.3) is 16.8 Å². The molecular weight excluding hydrogens is 472 g/mol. The number of nitriles is 1. The van der Waals surface area contributed by atoms with Crippen molar-refractivity contribution in [3.63, 3.8) is 0 Å². The average molecular weight is 497 g/mol. The second kappa shape index (κ2) is 11.4. The van der Waals surface area contributed by atoms with Gasteiger partial charge in [-0.2, -0.15) is 5.26 Å². The van der Waals surface area contributed by atoms with Crippen LogP contribution in [0, 0.1) is 18.3 Å². The quantitative estimate of drug-likeness (QED) is 0.205. The molecule has 0 aliphatic heterocycles. The third-order valence-corrected chi connectivity index (χ3v) is 5.94. The Hall–Kier alpha value is -4.27. The molecule has 0 radical (unpaired) electrons. The van der Waals surface area contributed by atoms with Crippen LogP contribution in [0.3, 0.4) is 0 Å². The van der Waals surface area contributed by atoms with E-state index in [0.29, 0.717) is 41.0 Å². The number of ether oxygens (including phenoxy) is 2. The first-order valence-corrected chi connectivity index (χ1v) is 11.9. The van der Waals surface area contributed by atoms with Crippen LogP contribution in [-0.4, -0.2) is 12.5 Å². The summed E-state index contributed by atoms with van der Waals surface area (Å²) in [7, 11) is 0. The number of benzene rings is 4. The summed E-state index contributed by atoms with van der Waals surface area (Å²) in [6, 6.07) is 26.4. The van der Waals surface area contributed by atoms with Crippen LogP contribution in [0.15, 0.2) is 84.4 Å². The van der Waals surface area contributed by atoms with E-state index in [-0.39, 0.29) is 5.57 Å². The Labute approximate surface area is 215 Å². The highest BCUT2D eigenvalue weighted by Gasteiger charge is 2.13. The molecule has 6 heteroatoms. The molecule has 0 fully saturated rings. The zero-order valence-electron chi connectivity index (χ0n) is 20.0. The summed E-state index contributed by atoms with van der Waals surface area (Å²) in [6.45, 7) is 4.83. The lowest BCUT2D eigenvalue weighted by molar-refractivity contribution is -0.112. The van der Waals surface area contributed by atoms with Crippen molar-refractivity contribution in [2.75, 3.05) is 11.9 Å². The molecule has 0 heterocycles. The topological polar surface area (TPSA) is 71.3 Å². The number of aryl methyl sites for hydroxylation is 1. The van der Waals surface area contributed by atoms with E-state index in [1.165, 1.54) is 6.08 Å². The molecule has 1 amide bonds. The van der Waals surface area contributed by atoms with Crippen LogP contribution in [0.1, 0.15) is 23.6 Å². The molecule has 0 spiro atoms. The molecule has 0 saturated carbocycles. The van der Waals surface area contributed by atoms with Crippen LogP contribution in [-0.2, 0) is 11.4 Å². The highest BCUT2D eigenvalue weighted by atomic mass is 35.5. The number of fused-ring (bicyclic) bond motifs is 1. The third kappa shape index (κ3) is 5.86. The fraction of sp³-hybridized carbons (Fsp3) is 0.133. The van der Waals surface area contributed by atoms with Crippen molar-refractivity contribution in [1.29, 1.82) is 5.26 Å². The van der Waals surface area contributed by atoms with Crippen molar-refractivity contribution in [3.05, 3.63) is 106 Å². The van der Waals surface area contributed by atoms with Crippen LogP contribution in [0.5, 0.6) is 11.5 Å². The lowest BCUT2D eigenvalue weighted by Gasteiger charge is -2.14. The monoisotopic (exact) mass is 496 g/mol. The molecule has 5 nitrogen and oxygen atoms in total. The Morgan fingerprint density at radius 1 is 1.03 bits per heavy atom. The van der Waals surface area contributed by atoms with Crippen LogP contribution >= 0.6 is 11.6 Å². The smallest absolute Gasteiger partial charge is 0.266 e. The van der Waals surface area contributed by atoms with E-state index in [4.69, 9.17) is 21.1 Å². The van der Waals surface area contributed by atoms with Gasteiger partial charge in [0.05, 0.1) is 6.61 Å². The molecule has 0 aromatic heterocycles. The van der Waals surface area contributed by atoms with Gasteiger partial charge >= 0.3 is 0 Å². The molecule has 180 valence electrons. The Kier molecular flexibility index (Phi) is 7.89. The molecule has 36 heavy (non-hydrogen) atoms. The minimum Gasteiger partial charge on any atom is -0.494 e. The number of anilines is 1. The van der Waals surface area contributed by atoms with Crippen molar-refractivity contribution >= 4 is 40.0 Å². The second-order valence-electron chi connectivity index (χ2n) is 8.13. The van der Waals surface area contributed by atoms with Gasteiger partial charge in [-0.15, -0.1) is 0 Å². The number of rotatable bonds is 8. The fourth-order valence-electron chi connectivity index (χ4n) is 3.85. The molecule has 4 aromatic carbocycles. The molecule has 0 aliphatic rings. The number of carbonyl (C=O) groups excluding carboxylic acids is 1. The van der Waals surface area contributed by atoms with Gasteiger partial charge in [0.25, 0.3) is 5.91 Å². The first kappa shape index (κ1) is 24.8. The highest BCUT2D eigenvalue weighted by molar-refractivity contribution is 6.30. The SMILES string of the molecule is CCOc1ccc(NC(=O)/C(C#N)=C/c2cc(Cl)ccc2OCc2c(C)ccc3ccccc23)cc1. The van der Waals surface area contributed by atoms with E-state index in [1.807, 2.05) is 32.0 Å². The van der Waals surface area contributed by atoms with E-state index in [9.17, 15) is 10.1 Å². The summed E-state index contributed by atoms with van der Waals surface area (Å²) in [5, 5.41) is 15.2. The number of halogens is 1. The third-order valence-electron chi connectivity index (χ3n) is 5.71. The Morgan fingerprint density at radius 2 is 1.81 bits per heavy atom. The van der Waals surface area contributed by atoms with Gasteiger partial charge in [0, 0.05) is 21.8 Å². The van der Waals surface area contributed by atoms with Gasteiger partial charge < -0.3 is 14.8 Å². The van der Waals surface area contributed by atoms with E-state index in [1.54, 1.807) is 42.5 Å². The molecule has 4 rings (SSSR count). The standard InChI is InChI=1S/C30H25ClN2O3/c1-3-35-26-13-11-25(12-14-26)33-30(34)23(18-32)16-22-17-24(31)10-15-29(22)36-19-28-20(2)8-9-21-6-4-5-7-27(21)28/h4-17H,3,19H2,1-2H3,(H,33,34)/b23-16+. The molecule has 0 bridgehead atoms. The highest BCUT2D eigenvalue weighted by Crippen LogP contribution is 2.29. The Morgan fingerprint density at radius 3 is 2.56 bits per heavy atom. The number of nitrogens with one attached hydrogen (secondary N) is 1. The van der Waals surface area contributed by atoms with E-state index >= 15 is 0 Å². The maximum atomic E-state index is 12.8. The summed E-state index contributed by atoms with van der Waals surface area (Å²) < 4.78 is 11.6. The van der Waals surface area contributed by atoms with Gasteiger partial charge in [0.15, 0.2) is 0 Å². The first-order valence-electron chi connectivity index (χ1n) is 11.5. The summed E-state index contributed by atoms with van der Waals surface area (Å²) in [6.07, 6.45) is 1.49. The minimum absolute atomic E-state index is 0.0719. The molecule has 0 unspecified atom stereocenters. The predicted molar refractivity (Wildman–Crippen MR) is 144 cm³/mol. The predicted octanol–water partition coefficient (Wildman–Crippen LogP) is 7.33. The van der Waals surface area contributed by atoms with Crippen molar-refractivity contribution < 1.29 is 14.3 Å². The van der Waals surface area contributed by atoms with Gasteiger partial charge in [-0.3, -0.25) is 4.79 Å². The summed E-state index contributed by atoms with van der Waals surface area (Å²) in [4.78, 5) is 12.8. The Bertz CT molecular complexity index is 1470. The van der Waals surface area contributed by atoms with Gasteiger partial charge in [-0.25, -0.2) is 0 Å². The summed E-state index contributed by atoms with van der Waals surface area (Å²) in [5.74, 6) is 0.694. The fourth-order valence-corrected chi connectivity index (χ4v) is 4.03. The maximum Gasteiger partial charge on any atom is 0.266 e. The second-order valence-corrected chi connectivity index (χ2v) is 8.57. The lowest BCUT2D eigenvalue weighted by Crippen LogP contribution is -2.13. The van der Waals surface area contributed by atoms with Crippen molar-refractivity contribution in [2.45, 2.75) is 20.5 Å². The number of amides is 1. The minimum atomic E-state index is -0.530. The van der Waals surface area contributed by atoms with Gasteiger partial charge in [0.1, 0.15) is 29.7 Å². The molecule has 4 aromatic rings. The largest absolute Gasteiger partial charge is 0.494 e. The normalized spacial score (nSPS) is 11.1. The molecule has 0 atom stereocenters. The average Bonchev–Trinajstić information content (AvgIpc) is 2.88. The summed E-state index contributed by atoms with van der Waals surface area (Å²) in [5.41, 5.74) is 3.22. The van der Waals surface area contributed by atoms with Gasteiger partial charge in [0.2, 0.25) is 0 Å². The summed E-state index contributed by atoms with van der Waals surface area (Å²) >= 11 is 6.23. The van der Waals surface area contributed by atoms with Crippen LogP contribution in [0.4, 0.5) is 5.69 Å². The van der Waals surface area contributed by atoms with Crippen molar-refractivity contribution in [3.8, 4) is 17.6 Å².